The van der Waals surface area contributed by atoms with Crippen LogP contribution in [0.5, 0.6) is 0 Å². The number of carbonyl (C=O) groups is 1. The van der Waals surface area contributed by atoms with Gasteiger partial charge in [0.05, 0.1) is 10.6 Å². The molecule has 3 aromatic carbocycles. The van der Waals surface area contributed by atoms with Crippen molar-refractivity contribution in [3.8, 4) is 11.5 Å². The lowest BCUT2D eigenvalue weighted by Gasteiger charge is -2.11. The number of benzene rings is 3. The second kappa shape index (κ2) is 8.94. The quantitative estimate of drug-likeness (QED) is 0.221. The number of nitrogens with zero attached hydrogens (tertiary/aromatic N) is 1. The van der Waals surface area contributed by atoms with Gasteiger partial charge in [0.15, 0.2) is 10.7 Å². The molecule has 8 heteroatoms. The van der Waals surface area contributed by atoms with E-state index in [0.717, 1.165) is 20.3 Å². The summed E-state index contributed by atoms with van der Waals surface area (Å²) in [6.45, 7) is 3.88. The molecule has 5 nitrogen and oxygen atoms in total. The summed E-state index contributed by atoms with van der Waals surface area (Å²) in [5, 5.41) is 6.52. The van der Waals surface area contributed by atoms with Crippen molar-refractivity contribution in [1.29, 1.82) is 0 Å². The summed E-state index contributed by atoms with van der Waals surface area (Å²) >= 11 is 13.8. The van der Waals surface area contributed by atoms with E-state index in [9.17, 15) is 4.79 Å². The highest BCUT2D eigenvalue weighted by atomic mass is 127. The number of hydrogen-bond donors (Lipinski definition) is 2. The molecule has 0 radical (unpaired) electrons. The predicted octanol–water partition coefficient (Wildman–Crippen LogP) is 6.50. The molecule has 0 fully saturated rings. The third-order valence-electron chi connectivity index (χ3n) is 4.66. The van der Waals surface area contributed by atoms with E-state index in [-0.39, 0.29) is 11.0 Å². The summed E-state index contributed by atoms with van der Waals surface area (Å²) in [6, 6.07) is 16.7. The smallest absolute Gasteiger partial charge is 0.257 e. The molecule has 0 spiro atoms. The molecule has 0 saturated heterocycles. The Labute approximate surface area is 203 Å². The fourth-order valence-corrected chi connectivity index (χ4v) is 4.08. The minimum Gasteiger partial charge on any atom is -0.436 e. The third-order valence-corrected chi connectivity index (χ3v) is 5.86. The van der Waals surface area contributed by atoms with Crippen LogP contribution in [0.4, 0.5) is 5.69 Å². The molecular formula is C23H17ClIN3O2S. The largest absolute Gasteiger partial charge is 0.436 e. The van der Waals surface area contributed by atoms with Gasteiger partial charge in [0, 0.05) is 14.8 Å². The minimum absolute atomic E-state index is 0.203. The van der Waals surface area contributed by atoms with Gasteiger partial charge in [0.1, 0.15) is 5.52 Å². The van der Waals surface area contributed by atoms with Gasteiger partial charge in [0.2, 0.25) is 5.89 Å². The van der Waals surface area contributed by atoms with Crippen LogP contribution in [0.1, 0.15) is 21.5 Å². The molecule has 0 saturated carbocycles. The van der Waals surface area contributed by atoms with Crippen molar-refractivity contribution < 1.29 is 9.21 Å². The fourth-order valence-electron chi connectivity index (χ4n) is 3.18. The number of carbonyl (C=O) groups excluding carboxylic acids is 1. The number of hydrogen-bond acceptors (Lipinski definition) is 4. The number of aryl methyl sites for hydroxylation is 2. The summed E-state index contributed by atoms with van der Waals surface area (Å²) in [4.78, 5) is 17.1. The van der Waals surface area contributed by atoms with Gasteiger partial charge in [-0.15, -0.1) is 0 Å². The molecule has 2 N–H and O–H groups in total. The van der Waals surface area contributed by atoms with Crippen molar-refractivity contribution in [3.05, 3.63) is 79.9 Å². The summed E-state index contributed by atoms with van der Waals surface area (Å²) < 4.78 is 6.90. The summed E-state index contributed by atoms with van der Waals surface area (Å²) in [6.07, 6.45) is 0. The van der Waals surface area contributed by atoms with Crippen LogP contribution >= 0.6 is 46.4 Å². The first kappa shape index (κ1) is 21.7. The number of nitrogens with one attached hydrogen (secondary N) is 2. The van der Waals surface area contributed by atoms with Gasteiger partial charge >= 0.3 is 0 Å². The van der Waals surface area contributed by atoms with E-state index in [1.807, 2.05) is 50.2 Å². The molecule has 1 aromatic heterocycles. The lowest BCUT2D eigenvalue weighted by molar-refractivity contribution is 0.0977. The highest BCUT2D eigenvalue weighted by Gasteiger charge is 2.14. The molecule has 0 aliphatic heterocycles. The average molecular weight is 562 g/mol. The van der Waals surface area contributed by atoms with E-state index in [0.29, 0.717) is 33.3 Å². The summed E-state index contributed by atoms with van der Waals surface area (Å²) in [5.41, 5.74) is 5.27. The topological polar surface area (TPSA) is 67.2 Å². The molecule has 1 heterocycles. The number of halogens is 2. The molecule has 0 bridgehead atoms. The zero-order valence-corrected chi connectivity index (χ0v) is 20.4. The first-order valence-corrected chi connectivity index (χ1v) is 11.2. The molecule has 1 amide bonds. The Bertz CT molecular complexity index is 1340. The Morgan fingerprint density at radius 3 is 2.68 bits per heavy atom. The minimum atomic E-state index is -0.256. The maximum absolute atomic E-state index is 12.5. The first-order chi connectivity index (χ1) is 14.8. The van der Waals surface area contributed by atoms with E-state index in [4.69, 9.17) is 28.2 Å². The van der Waals surface area contributed by atoms with Crippen LogP contribution in [-0.4, -0.2) is 16.0 Å². The molecule has 0 aliphatic rings. The average Bonchev–Trinajstić information content (AvgIpc) is 3.12. The van der Waals surface area contributed by atoms with Crippen LogP contribution in [0, 0.1) is 17.4 Å². The Balaban J connectivity index is 1.51. The van der Waals surface area contributed by atoms with Crippen molar-refractivity contribution in [2.45, 2.75) is 13.8 Å². The standard InChI is InChI=1S/C23H17ClIN3O2S/c1-12-3-6-16(13(2)9-12)21(29)28-23(31)26-15-5-8-20-19(11-15)27-22(30-20)17-10-14(25)4-7-18(17)24/h3-11H,1-2H3,(H2,26,28,29,31). The van der Waals surface area contributed by atoms with Gasteiger partial charge in [0.25, 0.3) is 5.91 Å². The summed E-state index contributed by atoms with van der Waals surface area (Å²) in [7, 11) is 0. The van der Waals surface area contributed by atoms with Crippen LogP contribution in [0.15, 0.2) is 59.0 Å². The van der Waals surface area contributed by atoms with E-state index >= 15 is 0 Å². The van der Waals surface area contributed by atoms with Crippen LogP contribution in [-0.2, 0) is 0 Å². The van der Waals surface area contributed by atoms with Crippen molar-refractivity contribution in [2.75, 3.05) is 5.32 Å². The number of thiocarbonyl (C=S) groups is 1. The number of aromatic nitrogens is 1. The van der Waals surface area contributed by atoms with Gasteiger partial charge in [-0.1, -0.05) is 29.3 Å². The highest BCUT2D eigenvalue weighted by Crippen LogP contribution is 2.32. The molecule has 0 unspecified atom stereocenters. The van der Waals surface area contributed by atoms with Crippen molar-refractivity contribution >= 4 is 74.2 Å². The molecule has 31 heavy (non-hydrogen) atoms. The molecule has 0 atom stereocenters. The first-order valence-electron chi connectivity index (χ1n) is 9.36. The Morgan fingerprint density at radius 1 is 1.10 bits per heavy atom. The van der Waals surface area contributed by atoms with Crippen molar-refractivity contribution in [1.82, 2.24) is 10.3 Å². The van der Waals surface area contributed by atoms with Gasteiger partial charge in [-0.3, -0.25) is 10.1 Å². The lowest BCUT2D eigenvalue weighted by Crippen LogP contribution is -2.34. The molecule has 4 rings (SSSR count). The maximum atomic E-state index is 12.5. The van der Waals surface area contributed by atoms with Gasteiger partial charge < -0.3 is 9.73 Å². The van der Waals surface area contributed by atoms with Crippen LogP contribution in [0.3, 0.4) is 0 Å². The number of oxazole rings is 1. The lowest BCUT2D eigenvalue weighted by atomic mass is 10.1. The monoisotopic (exact) mass is 561 g/mol. The Morgan fingerprint density at radius 2 is 1.90 bits per heavy atom. The molecular weight excluding hydrogens is 545 g/mol. The van der Waals surface area contributed by atoms with E-state index in [1.165, 1.54) is 0 Å². The van der Waals surface area contributed by atoms with Crippen molar-refractivity contribution in [3.63, 3.8) is 0 Å². The fraction of sp³-hybridized carbons (Fsp3) is 0.0870. The SMILES string of the molecule is Cc1ccc(C(=O)NC(=S)Nc2ccc3oc(-c4cc(I)ccc4Cl)nc3c2)c(C)c1. The molecule has 4 aromatic rings. The van der Waals surface area contributed by atoms with Gasteiger partial charge in [-0.25, -0.2) is 4.98 Å². The Hall–Kier alpha value is -2.49. The molecule has 0 aliphatic carbocycles. The second-order valence-corrected chi connectivity index (χ2v) is 9.11. The highest BCUT2D eigenvalue weighted by molar-refractivity contribution is 14.1. The second-order valence-electron chi connectivity index (χ2n) is 7.05. The molecule has 156 valence electrons. The normalized spacial score (nSPS) is 10.8. The van der Waals surface area contributed by atoms with Crippen molar-refractivity contribution in [2.24, 2.45) is 0 Å². The van der Waals surface area contributed by atoms with Crippen LogP contribution in [0.2, 0.25) is 5.02 Å². The Kier molecular flexibility index (Phi) is 6.27. The van der Waals surface area contributed by atoms with Crippen LogP contribution in [0.25, 0.3) is 22.6 Å². The predicted molar refractivity (Wildman–Crippen MR) is 137 cm³/mol. The van der Waals surface area contributed by atoms with Gasteiger partial charge in [-0.05, 0) is 96.7 Å². The van der Waals surface area contributed by atoms with Crippen LogP contribution < -0.4 is 10.6 Å². The van der Waals surface area contributed by atoms with E-state index < -0.39 is 0 Å². The summed E-state index contributed by atoms with van der Waals surface area (Å²) in [5.74, 6) is 0.189. The zero-order chi connectivity index (χ0) is 22.1. The van der Waals surface area contributed by atoms with E-state index in [2.05, 4.69) is 38.2 Å². The number of anilines is 1. The van der Waals surface area contributed by atoms with Gasteiger partial charge in [-0.2, -0.15) is 0 Å². The number of amides is 1. The number of fused-ring (bicyclic) bond motifs is 1. The number of rotatable bonds is 3. The zero-order valence-electron chi connectivity index (χ0n) is 16.6. The van der Waals surface area contributed by atoms with E-state index in [1.54, 1.807) is 18.2 Å². The maximum Gasteiger partial charge on any atom is 0.257 e. The third kappa shape index (κ3) is 4.89.